The van der Waals surface area contributed by atoms with Gasteiger partial charge in [0.2, 0.25) is 5.91 Å². The van der Waals surface area contributed by atoms with Crippen molar-refractivity contribution in [3.63, 3.8) is 0 Å². The molecule has 0 aliphatic rings. The number of amides is 1. The highest BCUT2D eigenvalue weighted by atomic mass is 79.9. The summed E-state index contributed by atoms with van der Waals surface area (Å²) in [6.45, 7) is 3.71. The summed E-state index contributed by atoms with van der Waals surface area (Å²) < 4.78 is 2.77. The molecule has 6 heteroatoms. The lowest BCUT2D eigenvalue weighted by molar-refractivity contribution is -0.122. The lowest BCUT2D eigenvalue weighted by Gasteiger charge is -2.16. The molecule has 5 nitrogen and oxygen atoms in total. The van der Waals surface area contributed by atoms with Gasteiger partial charge in [0.15, 0.2) is 0 Å². The van der Waals surface area contributed by atoms with E-state index in [0.717, 1.165) is 21.1 Å². The minimum Gasteiger partial charge on any atom is -0.385 e. The van der Waals surface area contributed by atoms with Crippen molar-refractivity contribution in [2.45, 2.75) is 32.5 Å². The van der Waals surface area contributed by atoms with Gasteiger partial charge in [0.25, 0.3) is 0 Å². The highest BCUT2D eigenvalue weighted by Crippen LogP contribution is 2.21. The van der Waals surface area contributed by atoms with Crippen LogP contribution in [0.5, 0.6) is 0 Å². The lowest BCUT2D eigenvalue weighted by Crippen LogP contribution is -2.30. The maximum atomic E-state index is 12.5. The van der Waals surface area contributed by atoms with Crippen LogP contribution in [0.4, 0.5) is 0 Å². The summed E-state index contributed by atoms with van der Waals surface area (Å²) in [7, 11) is 0. The third kappa shape index (κ3) is 3.91. The molecule has 3 rings (SSSR count). The zero-order valence-corrected chi connectivity index (χ0v) is 15.7. The van der Waals surface area contributed by atoms with Crippen LogP contribution in [0.2, 0.25) is 0 Å². The first-order valence-electron chi connectivity index (χ1n) is 8.13. The van der Waals surface area contributed by atoms with Crippen LogP contribution >= 0.6 is 15.9 Å². The van der Waals surface area contributed by atoms with Crippen molar-refractivity contribution in [2.24, 2.45) is 0 Å². The third-order valence-corrected chi connectivity index (χ3v) is 4.64. The van der Waals surface area contributed by atoms with Gasteiger partial charge in [0.05, 0.1) is 17.1 Å². The van der Waals surface area contributed by atoms with E-state index in [4.69, 9.17) is 0 Å². The number of nitrogens with zero attached hydrogens (tertiary/aromatic N) is 2. The van der Waals surface area contributed by atoms with E-state index >= 15 is 0 Å². The second kappa shape index (κ2) is 7.37. The van der Waals surface area contributed by atoms with Gasteiger partial charge in [-0.15, -0.1) is 0 Å². The Morgan fingerprint density at radius 1 is 1.20 bits per heavy atom. The molecule has 0 bridgehead atoms. The van der Waals surface area contributed by atoms with Crippen LogP contribution in [0.25, 0.3) is 11.0 Å². The second-order valence-corrected chi connectivity index (χ2v) is 6.98. The van der Waals surface area contributed by atoms with Gasteiger partial charge >= 0.3 is 0 Å². The SMILES string of the molecule is CC(O)c1nc2ccccc2n1CC(=O)NC(C)c1ccc(Br)cc1. The Hall–Kier alpha value is -2.18. The summed E-state index contributed by atoms with van der Waals surface area (Å²) in [6, 6.07) is 15.3. The number of aromatic nitrogens is 2. The molecule has 0 saturated carbocycles. The van der Waals surface area contributed by atoms with E-state index in [9.17, 15) is 9.90 Å². The van der Waals surface area contributed by atoms with Crippen molar-refractivity contribution in [3.8, 4) is 0 Å². The Morgan fingerprint density at radius 3 is 2.56 bits per heavy atom. The first kappa shape index (κ1) is 17.6. The van der Waals surface area contributed by atoms with Crippen molar-refractivity contribution in [1.82, 2.24) is 14.9 Å². The minimum atomic E-state index is -0.746. The zero-order valence-electron chi connectivity index (χ0n) is 14.1. The van der Waals surface area contributed by atoms with Crippen molar-refractivity contribution in [3.05, 3.63) is 64.4 Å². The maximum absolute atomic E-state index is 12.5. The smallest absolute Gasteiger partial charge is 0.240 e. The number of aliphatic hydroxyl groups is 1. The Balaban J connectivity index is 1.80. The number of carbonyl (C=O) groups excluding carboxylic acids is 1. The van der Waals surface area contributed by atoms with E-state index in [0.29, 0.717) is 5.82 Å². The van der Waals surface area contributed by atoms with Crippen LogP contribution in [-0.4, -0.2) is 20.6 Å². The largest absolute Gasteiger partial charge is 0.385 e. The molecule has 0 aliphatic carbocycles. The molecule has 3 aromatic rings. The maximum Gasteiger partial charge on any atom is 0.240 e. The number of imidazole rings is 1. The molecule has 2 aromatic carbocycles. The summed E-state index contributed by atoms with van der Waals surface area (Å²) >= 11 is 3.41. The molecule has 1 amide bonds. The topological polar surface area (TPSA) is 67.2 Å². The molecule has 0 aliphatic heterocycles. The van der Waals surface area contributed by atoms with Gasteiger partial charge in [0.1, 0.15) is 18.5 Å². The average Bonchev–Trinajstić information content (AvgIpc) is 2.94. The van der Waals surface area contributed by atoms with E-state index in [1.807, 2.05) is 55.5 Å². The molecule has 0 fully saturated rings. The monoisotopic (exact) mass is 401 g/mol. The predicted molar refractivity (Wildman–Crippen MR) is 101 cm³/mol. The van der Waals surface area contributed by atoms with Crippen LogP contribution in [0.3, 0.4) is 0 Å². The van der Waals surface area contributed by atoms with Gasteiger partial charge < -0.3 is 15.0 Å². The van der Waals surface area contributed by atoms with E-state index in [2.05, 4.69) is 26.2 Å². The van der Waals surface area contributed by atoms with Crippen molar-refractivity contribution < 1.29 is 9.90 Å². The fourth-order valence-corrected chi connectivity index (χ4v) is 3.11. The Kier molecular flexibility index (Phi) is 5.20. The van der Waals surface area contributed by atoms with Gasteiger partial charge in [0, 0.05) is 4.47 Å². The molecule has 2 unspecified atom stereocenters. The van der Waals surface area contributed by atoms with Gasteiger partial charge in [-0.3, -0.25) is 4.79 Å². The molecule has 1 aromatic heterocycles. The molecule has 0 saturated heterocycles. The Morgan fingerprint density at radius 2 is 1.88 bits per heavy atom. The number of para-hydroxylation sites is 2. The van der Waals surface area contributed by atoms with Crippen molar-refractivity contribution in [1.29, 1.82) is 0 Å². The summed E-state index contributed by atoms with van der Waals surface area (Å²) in [6.07, 6.45) is -0.746. The first-order chi connectivity index (χ1) is 12.0. The van der Waals surface area contributed by atoms with Gasteiger partial charge in [-0.25, -0.2) is 4.98 Å². The Bertz CT molecular complexity index is 887. The van der Waals surface area contributed by atoms with E-state index in [1.165, 1.54) is 0 Å². The normalized spacial score (nSPS) is 13.6. The van der Waals surface area contributed by atoms with Crippen LogP contribution in [0, 0.1) is 0 Å². The predicted octanol–water partition coefficient (Wildman–Crippen LogP) is 3.73. The standard InChI is InChI=1S/C19H20BrN3O2/c1-12(14-7-9-15(20)10-8-14)21-18(25)11-23-17-6-4-3-5-16(17)22-19(23)13(2)24/h3-10,12-13,24H,11H2,1-2H3,(H,21,25). The van der Waals surface area contributed by atoms with E-state index < -0.39 is 6.10 Å². The van der Waals surface area contributed by atoms with Gasteiger partial charge in [-0.05, 0) is 43.7 Å². The van der Waals surface area contributed by atoms with Gasteiger partial charge in [-0.1, -0.05) is 40.2 Å². The number of aliphatic hydroxyl groups excluding tert-OH is 1. The highest BCUT2D eigenvalue weighted by Gasteiger charge is 2.18. The molecular weight excluding hydrogens is 382 g/mol. The van der Waals surface area contributed by atoms with Crippen LogP contribution in [-0.2, 0) is 11.3 Å². The number of nitrogens with one attached hydrogen (secondary N) is 1. The fraction of sp³-hybridized carbons (Fsp3) is 0.263. The molecule has 130 valence electrons. The summed E-state index contributed by atoms with van der Waals surface area (Å²) in [4.78, 5) is 17.0. The lowest BCUT2D eigenvalue weighted by atomic mass is 10.1. The number of fused-ring (bicyclic) bond motifs is 1. The molecule has 0 radical (unpaired) electrons. The molecule has 1 heterocycles. The summed E-state index contributed by atoms with van der Waals surface area (Å²) in [5.74, 6) is 0.369. The first-order valence-corrected chi connectivity index (χ1v) is 8.93. The van der Waals surface area contributed by atoms with E-state index in [-0.39, 0.29) is 18.5 Å². The number of benzene rings is 2. The van der Waals surface area contributed by atoms with Crippen molar-refractivity contribution >= 4 is 32.9 Å². The third-order valence-electron chi connectivity index (χ3n) is 4.11. The zero-order chi connectivity index (χ0) is 18.0. The fourth-order valence-electron chi connectivity index (χ4n) is 2.84. The molecule has 0 spiro atoms. The van der Waals surface area contributed by atoms with Crippen LogP contribution in [0.1, 0.15) is 37.4 Å². The molecule has 2 atom stereocenters. The van der Waals surface area contributed by atoms with Gasteiger partial charge in [-0.2, -0.15) is 0 Å². The molecule has 25 heavy (non-hydrogen) atoms. The number of hydrogen-bond donors (Lipinski definition) is 2. The molecular formula is C19H20BrN3O2. The Labute approximate surface area is 154 Å². The summed E-state index contributed by atoms with van der Waals surface area (Å²) in [5, 5.41) is 13.0. The minimum absolute atomic E-state index is 0.106. The second-order valence-electron chi connectivity index (χ2n) is 6.06. The number of hydrogen-bond acceptors (Lipinski definition) is 3. The highest BCUT2D eigenvalue weighted by molar-refractivity contribution is 9.10. The average molecular weight is 402 g/mol. The summed E-state index contributed by atoms with van der Waals surface area (Å²) in [5.41, 5.74) is 2.64. The van der Waals surface area contributed by atoms with Crippen LogP contribution < -0.4 is 5.32 Å². The number of halogens is 1. The number of rotatable bonds is 5. The van der Waals surface area contributed by atoms with E-state index in [1.54, 1.807) is 11.5 Å². The quantitative estimate of drug-likeness (QED) is 0.684. The van der Waals surface area contributed by atoms with Crippen LogP contribution in [0.15, 0.2) is 53.0 Å². The van der Waals surface area contributed by atoms with Crippen molar-refractivity contribution in [2.75, 3.05) is 0 Å². The number of carbonyl (C=O) groups is 1. The molecule has 2 N–H and O–H groups in total.